The third-order valence-corrected chi connectivity index (χ3v) is 2.11. The van der Waals surface area contributed by atoms with Gasteiger partial charge in [-0.25, -0.2) is 0 Å². The highest BCUT2D eigenvalue weighted by molar-refractivity contribution is 14.0. The topological polar surface area (TPSA) is 45.6 Å². The fraction of sp³-hybridized carbons (Fsp3) is 0.875. The number of hydrogen-bond donors (Lipinski definition) is 2. The SMILES string of the molecule is CCOC1CC1NC1=NCCN1.I. The molecule has 0 bridgehead atoms. The third-order valence-electron chi connectivity index (χ3n) is 2.11. The van der Waals surface area contributed by atoms with Gasteiger partial charge in [0.05, 0.1) is 18.7 Å². The van der Waals surface area contributed by atoms with Crippen molar-refractivity contribution in [2.45, 2.75) is 25.5 Å². The molecule has 0 aromatic rings. The molecule has 2 N–H and O–H groups in total. The van der Waals surface area contributed by atoms with E-state index in [-0.39, 0.29) is 24.0 Å². The molecule has 1 aliphatic heterocycles. The van der Waals surface area contributed by atoms with Gasteiger partial charge >= 0.3 is 0 Å². The van der Waals surface area contributed by atoms with Crippen molar-refractivity contribution < 1.29 is 4.74 Å². The van der Waals surface area contributed by atoms with Crippen molar-refractivity contribution >= 4 is 29.9 Å². The van der Waals surface area contributed by atoms with E-state index in [1.165, 1.54) is 0 Å². The molecule has 2 aliphatic rings. The van der Waals surface area contributed by atoms with Crippen LogP contribution >= 0.6 is 24.0 Å². The number of guanidine groups is 1. The maximum atomic E-state index is 5.43. The second-order valence-electron chi connectivity index (χ2n) is 3.14. The van der Waals surface area contributed by atoms with E-state index >= 15 is 0 Å². The Labute approximate surface area is 95.5 Å². The van der Waals surface area contributed by atoms with Crippen LogP contribution in [0.3, 0.4) is 0 Å². The largest absolute Gasteiger partial charge is 0.376 e. The molecule has 2 atom stereocenters. The van der Waals surface area contributed by atoms with Crippen molar-refractivity contribution in [2.24, 2.45) is 4.99 Å². The average molecular weight is 297 g/mol. The van der Waals surface area contributed by atoms with Crippen molar-refractivity contribution in [3.8, 4) is 0 Å². The van der Waals surface area contributed by atoms with Gasteiger partial charge in [-0.1, -0.05) is 0 Å². The summed E-state index contributed by atoms with van der Waals surface area (Å²) in [5.74, 6) is 0.946. The van der Waals surface area contributed by atoms with E-state index in [4.69, 9.17) is 4.74 Å². The number of rotatable bonds is 3. The van der Waals surface area contributed by atoms with Crippen LogP contribution in [0.1, 0.15) is 13.3 Å². The second-order valence-corrected chi connectivity index (χ2v) is 3.14. The Morgan fingerprint density at radius 1 is 1.69 bits per heavy atom. The lowest BCUT2D eigenvalue weighted by Crippen LogP contribution is -2.36. The molecule has 0 spiro atoms. The summed E-state index contributed by atoms with van der Waals surface area (Å²) in [6.45, 7) is 4.70. The van der Waals surface area contributed by atoms with Gasteiger partial charge in [0.2, 0.25) is 0 Å². The summed E-state index contributed by atoms with van der Waals surface area (Å²) in [6, 6.07) is 0.495. The van der Waals surface area contributed by atoms with E-state index in [9.17, 15) is 0 Å². The highest BCUT2D eigenvalue weighted by atomic mass is 127. The van der Waals surface area contributed by atoms with Gasteiger partial charge < -0.3 is 15.4 Å². The number of aliphatic imine (C=N–C) groups is 1. The zero-order valence-electron chi connectivity index (χ0n) is 7.75. The van der Waals surface area contributed by atoms with Crippen LogP contribution in [0.5, 0.6) is 0 Å². The normalized spacial score (nSPS) is 30.1. The monoisotopic (exact) mass is 297 g/mol. The van der Waals surface area contributed by atoms with Gasteiger partial charge in [-0.3, -0.25) is 4.99 Å². The van der Waals surface area contributed by atoms with Crippen LogP contribution in [-0.2, 0) is 4.74 Å². The standard InChI is InChI=1S/C8H15N3O.HI/c1-2-12-7-5-6(7)11-8-9-3-4-10-8;/h6-7H,2-5H2,1H3,(H2,9,10,11);1H. The predicted octanol–water partition coefficient (Wildman–Crippen LogP) is 0.331. The summed E-state index contributed by atoms with van der Waals surface area (Å²) in [4.78, 5) is 4.25. The summed E-state index contributed by atoms with van der Waals surface area (Å²) >= 11 is 0. The quantitative estimate of drug-likeness (QED) is 0.738. The van der Waals surface area contributed by atoms with Gasteiger partial charge in [0.15, 0.2) is 5.96 Å². The van der Waals surface area contributed by atoms with E-state index in [1.807, 2.05) is 6.92 Å². The summed E-state index contributed by atoms with van der Waals surface area (Å²) in [5, 5.41) is 6.48. The van der Waals surface area contributed by atoms with Crippen LogP contribution in [-0.4, -0.2) is 37.8 Å². The molecule has 0 saturated heterocycles. The fourth-order valence-corrected chi connectivity index (χ4v) is 1.39. The fourth-order valence-electron chi connectivity index (χ4n) is 1.39. The average Bonchev–Trinajstić information content (AvgIpc) is 2.62. The van der Waals surface area contributed by atoms with E-state index in [2.05, 4.69) is 15.6 Å². The Hall–Kier alpha value is -0.0400. The molecule has 1 aliphatic carbocycles. The minimum atomic E-state index is 0. The zero-order valence-corrected chi connectivity index (χ0v) is 10.1. The molecular formula is C8H16IN3O. The first-order valence-electron chi connectivity index (χ1n) is 4.56. The van der Waals surface area contributed by atoms with Crippen molar-refractivity contribution in [1.29, 1.82) is 0 Å². The van der Waals surface area contributed by atoms with E-state index in [0.29, 0.717) is 12.1 Å². The number of nitrogens with one attached hydrogen (secondary N) is 2. The first-order chi connectivity index (χ1) is 5.90. The van der Waals surface area contributed by atoms with Crippen molar-refractivity contribution in [3.63, 3.8) is 0 Å². The molecule has 76 valence electrons. The molecule has 4 nitrogen and oxygen atoms in total. The molecule has 0 amide bonds. The lowest BCUT2D eigenvalue weighted by molar-refractivity contribution is 0.127. The van der Waals surface area contributed by atoms with Crippen LogP contribution in [0.4, 0.5) is 0 Å². The number of nitrogens with zero attached hydrogens (tertiary/aromatic N) is 1. The Kier molecular flexibility index (Phi) is 4.24. The molecule has 0 aromatic carbocycles. The third kappa shape index (κ3) is 2.98. The molecule has 1 heterocycles. The van der Waals surface area contributed by atoms with Gasteiger partial charge in [0.25, 0.3) is 0 Å². The molecule has 2 rings (SSSR count). The van der Waals surface area contributed by atoms with Crippen molar-refractivity contribution in [3.05, 3.63) is 0 Å². The molecule has 0 radical (unpaired) electrons. The second kappa shape index (κ2) is 4.99. The van der Waals surface area contributed by atoms with Gasteiger partial charge in [-0.05, 0) is 13.3 Å². The van der Waals surface area contributed by atoms with Gasteiger partial charge in [0.1, 0.15) is 0 Å². The predicted molar refractivity (Wildman–Crippen MR) is 62.7 cm³/mol. The maximum absolute atomic E-state index is 5.43. The molecule has 1 fully saturated rings. The molecule has 0 aromatic heterocycles. The smallest absolute Gasteiger partial charge is 0.191 e. The Morgan fingerprint density at radius 2 is 2.54 bits per heavy atom. The summed E-state index contributed by atoms with van der Waals surface area (Å²) < 4.78 is 5.43. The summed E-state index contributed by atoms with van der Waals surface area (Å²) in [5.41, 5.74) is 0. The molecule has 13 heavy (non-hydrogen) atoms. The lowest BCUT2D eigenvalue weighted by atomic mass is 10.6. The number of ether oxygens (including phenoxy) is 1. The highest BCUT2D eigenvalue weighted by Crippen LogP contribution is 2.24. The highest BCUT2D eigenvalue weighted by Gasteiger charge is 2.38. The minimum absolute atomic E-state index is 0. The summed E-state index contributed by atoms with van der Waals surface area (Å²) in [7, 11) is 0. The van der Waals surface area contributed by atoms with Crippen molar-refractivity contribution in [1.82, 2.24) is 10.6 Å². The number of halogens is 1. The first-order valence-corrected chi connectivity index (χ1v) is 4.56. The van der Waals surface area contributed by atoms with Gasteiger partial charge in [-0.2, -0.15) is 0 Å². The van der Waals surface area contributed by atoms with Crippen LogP contribution in [0, 0.1) is 0 Å². The Balaban J connectivity index is 0.000000845. The Morgan fingerprint density at radius 3 is 3.15 bits per heavy atom. The van der Waals surface area contributed by atoms with Gasteiger partial charge in [0, 0.05) is 13.2 Å². The molecule has 1 saturated carbocycles. The van der Waals surface area contributed by atoms with E-state index < -0.39 is 0 Å². The Bertz CT molecular complexity index is 198. The molecule has 2 unspecified atom stereocenters. The maximum Gasteiger partial charge on any atom is 0.191 e. The van der Waals surface area contributed by atoms with E-state index in [1.54, 1.807) is 0 Å². The minimum Gasteiger partial charge on any atom is -0.376 e. The van der Waals surface area contributed by atoms with Gasteiger partial charge in [-0.15, -0.1) is 24.0 Å². The zero-order chi connectivity index (χ0) is 8.39. The first kappa shape index (κ1) is 11.0. The number of hydrogen-bond acceptors (Lipinski definition) is 4. The van der Waals surface area contributed by atoms with Crippen molar-refractivity contribution in [2.75, 3.05) is 19.7 Å². The molecule has 5 heteroatoms. The van der Waals surface area contributed by atoms with Crippen LogP contribution in [0.25, 0.3) is 0 Å². The van der Waals surface area contributed by atoms with E-state index in [0.717, 1.165) is 32.1 Å². The van der Waals surface area contributed by atoms with Crippen LogP contribution < -0.4 is 10.6 Å². The molecular weight excluding hydrogens is 281 g/mol. The van der Waals surface area contributed by atoms with Crippen LogP contribution in [0.15, 0.2) is 4.99 Å². The van der Waals surface area contributed by atoms with Crippen LogP contribution in [0.2, 0.25) is 0 Å². The lowest BCUT2D eigenvalue weighted by Gasteiger charge is -2.05. The summed E-state index contributed by atoms with van der Waals surface area (Å²) in [6.07, 6.45) is 1.54.